The van der Waals surface area contributed by atoms with Crippen LogP contribution in [0.1, 0.15) is 43.1 Å². The zero-order chi connectivity index (χ0) is 21.7. The molecule has 1 fully saturated rings. The Labute approximate surface area is 185 Å². The van der Waals surface area contributed by atoms with Crippen LogP contribution in [0.25, 0.3) is 22.0 Å². The number of aryl methyl sites for hydroxylation is 1. The summed E-state index contributed by atoms with van der Waals surface area (Å²) in [5.41, 5.74) is 3.69. The van der Waals surface area contributed by atoms with E-state index in [-0.39, 0.29) is 11.9 Å². The number of fused-ring (bicyclic) bond motifs is 4. The summed E-state index contributed by atoms with van der Waals surface area (Å²) in [4.78, 5) is 7.67. The molecule has 1 aliphatic heterocycles. The lowest BCUT2D eigenvalue weighted by molar-refractivity contribution is 0.0872. The Morgan fingerprint density at radius 2 is 2.03 bits per heavy atom. The first-order valence-corrected chi connectivity index (χ1v) is 11.3. The van der Waals surface area contributed by atoms with Crippen LogP contribution in [0.4, 0.5) is 4.39 Å². The van der Waals surface area contributed by atoms with E-state index in [1.807, 2.05) is 25.1 Å². The van der Waals surface area contributed by atoms with Crippen LogP contribution in [0.3, 0.4) is 0 Å². The number of aromatic amines is 1. The maximum atomic E-state index is 13.7. The monoisotopic (exact) mass is 435 g/mol. The number of nitrogens with zero attached hydrogens (tertiary/aromatic N) is 1. The topological polar surface area (TPSA) is 72.3 Å². The molecule has 166 valence electrons. The maximum absolute atomic E-state index is 13.7. The molecule has 7 heteroatoms. The van der Waals surface area contributed by atoms with Crippen molar-refractivity contribution in [1.29, 1.82) is 0 Å². The van der Waals surface area contributed by atoms with E-state index in [2.05, 4.69) is 21.5 Å². The highest BCUT2D eigenvalue weighted by Crippen LogP contribution is 2.40. The van der Waals surface area contributed by atoms with Gasteiger partial charge in [-0.1, -0.05) is 0 Å². The molecule has 1 atom stereocenters. The summed E-state index contributed by atoms with van der Waals surface area (Å²) >= 11 is 0. The third-order valence-corrected chi connectivity index (χ3v) is 6.77. The van der Waals surface area contributed by atoms with E-state index in [9.17, 15) is 4.39 Å². The second-order valence-corrected chi connectivity index (χ2v) is 8.92. The highest BCUT2D eigenvalue weighted by molar-refractivity contribution is 5.84. The molecule has 0 spiro atoms. The molecule has 0 radical (unpaired) electrons. The fourth-order valence-electron chi connectivity index (χ4n) is 5.13. The van der Waals surface area contributed by atoms with Gasteiger partial charge < -0.3 is 24.2 Å². The molecular weight excluding hydrogens is 409 g/mol. The normalized spacial score (nSPS) is 23.1. The van der Waals surface area contributed by atoms with E-state index in [1.54, 1.807) is 6.07 Å². The van der Waals surface area contributed by atoms with Crippen LogP contribution in [-0.2, 0) is 0 Å². The molecule has 1 saturated carbocycles. The van der Waals surface area contributed by atoms with Crippen molar-refractivity contribution in [3.8, 4) is 11.5 Å². The van der Waals surface area contributed by atoms with Crippen molar-refractivity contribution in [3.63, 3.8) is 0 Å². The zero-order valence-electron chi connectivity index (χ0n) is 18.0. The lowest BCUT2D eigenvalue weighted by atomic mass is 9.81. The summed E-state index contributed by atoms with van der Waals surface area (Å²) < 4.78 is 31.6. The number of ether oxygens (including phenoxy) is 2. The summed E-state index contributed by atoms with van der Waals surface area (Å²) in [6.45, 7) is 3.06. The number of benzene rings is 2. The lowest BCUT2D eigenvalue weighted by Gasteiger charge is -2.32. The first kappa shape index (κ1) is 19.6. The summed E-state index contributed by atoms with van der Waals surface area (Å²) in [7, 11) is 0. The minimum absolute atomic E-state index is 0.0761. The first-order chi connectivity index (χ1) is 15.6. The fourth-order valence-corrected chi connectivity index (χ4v) is 5.13. The van der Waals surface area contributed by atoms with Crippen molar-refractivity contribution in [1.82, 2.24) is 15.3 Å². The molecule has 1 aliphatic carbocycles. The standard InChI is InChI=1S/C25H26FN3O3/c1-14-29-22-8-9-23-25(24(22)31-14)32-18(13-30-23)11-27-17-5-2-15(3-6-17)20-12-28-21-7-4-16(26)10-19(20)21/h4,7-10,12,15,17-18,27-28H,2-3,5-6,11,13H2,1H3. The molecule has 0 saturated heterocycles. The number of H-pyrrole nitrogens is 1. The van der Waals surface area contributed by atoms with E-state index in [4.69, 9.17) is 13.9 Å². The van der Waals surface area contributed by atoms with Gasteiger partial charge in [-0.05, 0) is 67.5 Å². The van der Waals surface area contributed by atoms with Gasteiger partial charge in [0.2, 0.25) is 11.3 Å². The second-order valence-electron chi connectivity index (χ2n) is 8.92. The minimum atomic E-state index is -0.178. The molecule has 2 aromatic heterocycles. The van der Waals surface area contributed by atoms with Crippen LogP contribution < -0.4 is 14.8 Å². The number of halogens is 1. The van der Waals surface area contributed by atoms with Gasteiger partial charge in [-0.15, -0.1) is 0 Å². The Balaban J connectivity index is 1.07. The Kier molecular flexibility index (Phi) is 4.79. The van der Waals surface area contributed by atoms with Crippen LogP contribution in [0.2, 0.25) is 0 Å². The zero-order valence-corrected chi connectivity index (χ0v) is 18.0. The van der Waals surface area contributed by atoms with Crippen molar-refractivity contribution < 1.29 is 18.3 Å². The Morgan fingerprint density at radius 3 is 2.91 bits per heavy atom. The van der Waals surface area contributed by atoms with E-state index < -0.39 is 0 Å². The van der Waals surface area contributed by atoms with Crippen molar-refractivity contribution in [2.75, 3.05) is 13.2 Å². The van der Waals surface area contributed by atoms with Gasteiger partial charge in [-0.3, -0.25) is 0 Å². The molecule has 2 aliphatic rings. The van der Waals surface area contributed by atoms with Crippen LogP contribution >= 0.6 is 0 Å². The molecule has 3 heterocycles. The van der Waals surface area contributed by atoms with Gasteiger partial charge in [0.1, 0.15) is 24.0 Å². The van der Waals surface area contributed by atoms with Gasteiger partial charge in [-0.25, -0.2) is 9.37 Å². The minimum Gasteiger partial charge on any atom is -0.486 e. The smallest absolute Gasteiger partial charge is 0.207 e. The van der Waals surface area contributed by atoms with Crippen LogP contribution in [0.5, 0.6) is 11.5 Å². The van der Waals surface area contributed by atoms with Gasteiger partial charge in [0, 0.05) is 36.6 Å². The SMILES string of the molecule is Cc1nc2ccc3c(c2o1)OC(CNC1CCC(c2c[nH]c4ccc(F)cc24)CC1)CO3. The summed E-state index contributed by atoms with van der Waals surface area (Å²) in [5.74, 6) is 2.26. The molecule has 0 amide bonds. The molecule has 1 unspecified atom stereocenters. The number of hydrogen-bond donors (Lipinski definition) is 2. The van der Waals surface area contributed by atoms with Crippen molar-refractivity contribution >= 4 is 22.0 Å². The average Bonchev–Trinajstić information content (AvgIpc) is 3.40. The number of hydrogen-bond acceptors (Lipinski definition) is 5. The van der Waals surface area contributed by atoms with Crippen molar-refractivity contribution in [2.24, 2.45) is 0 Å². The third-order valence-electron chi connectivity index (χ3n) is 6.77. The van der Waals surface area contributed by atoms with Gasteiger partial charge in [0.25, 0.3) is 0 Å². The molecule has 6 nitrogen and oxygen atoms in total. The fraction of sp³-hybridized carbons (Fsp3) is 0.400. The van der Waals surface area contributed by atoms with Crippen LogP contribution in [-0.4, -0.2) is 35.3 Å². The summed E-state index contributed by atoms with van der Waals surface area (Å²) in [6, 6.07) is 9.21. The summed E-state index contributed by atoms with van der Waals surface area (Å²) in [5, 5.41) is 4.68. The van der Waals surface area contributed by atoms with Crippen molar-refractivity contribution in [3.05, 3.63) is 53.8 Å². The number of rotatable bonds is 4. The molecule has 2 aromatic carbocycles. The van der Waals surface area contributed by atoms with Gasteiger partial charge >= 0.3 is 0 Å². The van der Waals surface area contributed by atoms with Gasteiger partial charge in [-0.2, -0.15) is 0 Å². The van der Waals surface area contributed by atoms with Crippen LogP contribution in [0, 0.1) is 12.7 Å². The summed E-state index contributed by atoms with van der Waals surface area (Å²) in [6.07, 6.45) is 6.32. The molecular formula is C25H26FN3O3. The number of oxazole rings is 1. The highest BCUT2D eigenvalue weighted by atomic mass is 19.1. The second kappa shape index (κ2) is 7.81. The molecule has 2 N–H and O–H groups in total. The Hall–Kier alpha value is -3.06. The predicted octanol–water partition coefficient (Wildman–Crippen LogP) is 5.21. The van der Waals surface area contributed by atoms with E-state index in [1.165, 1.54) is 11.6 Å². The largest absolute Gasteiger partial charge is 0.486 e. The first-order valence-electron chi connectivity index (χ1n) is 11.3. The molecule has 4 aromatic rings. The lowest BCUT2D eigenvalue weighted by Crippen LogP contribution is -2.43. The van der Waals surface area contributed by atoms with Crippen LogP contribution in [0.15, 0.2) is 40.9 Å². The van der Waals surface area contributed by atoms with E-state index >= 15 is 0 Å². The highest BCUT2D eigenvalue weighted by Gasteiger charge is 2.28. The van der Waals surface area contributed by atoms with Crippen molar-refractivity contribution in [2.45, 2.75) is 50.7 Å². The van der Waals surface area contributed by atoms with E-state index in [0.717, 1.165) is 48.6 Å². The Bertz CT molecular complexity index is 1270. The molecule has 0 bridgehead atoms. The number of nitrogens with one attached hydrogen (secondary N) is 2. The molecule has 32 heavy (non-hydrogen) atoms. The predicted molar refractivity (Wildman–Crippen MR) is 120 cm³/mol. The maximum Gasteiger partial charge on any atom is 0.207 e. The average molecular weight is 435 g/mol. The van der Waals surface area contributed by atoms with Gasteiger partial charge in [0.15, 0.2) is 11.6 Å². The third kappa shape index (κ3) is 3.50. The van der Waals surface area contributed by atoms with Gasteiger partial charge in [0.05, 0.1) is 0 Å². The number of aromatic nitrogens is 2. The molecule has 6 rings (SSSR count). The quantitative estimate of drug-likeness (QED) is 0.460. The van der Waals surface area contributed by atoms with E-state index in [0.29, 0.717) is 41.5 Å². The Morgan fingerprint density at radius 1 is 1.16 bits per heavy atom.